The predicted molar refractivity (Wildman–Crippen MR) is 73.3 cm³/mol. The van der Waals surface area contributed by atoms with Crippen molar-refractivity contribution in [1.29, 1.82) is 0 Å². The molecule has 18 heavy (non-hydrogen) atoms. The number of nitrogens with one attached hydrogen (secondary N) is 1. The summed E-state index contributed by atoms with van der Waals surface area (Å²) in [6, 6.07) is 0.246. The second-order valence-corrected chi connectivity index (χ2v) is 5.47. The number of hydrogen-bond acceptors (Lipinski definition) is 3. The molecule has 1 fully saturated rings. The predicted octanol–water partition coefficient (Wildman–Crippen LogP) is 1.83. The Morgan fingerprint density at radius 3 is 2.61 bits per heavy atom. The van der Waals surface area contributed by atoms with Gasteiger partial charge in [-0.1, -0.05) is 26.2 Å². The highest BCUT2D eigenvalue weighted by Gasteiger charge is 2.39. The number of hydrogen-bond donors (Lipinski definition) is 2. The first-order valence-electron chi connectivity index (χ1n) is 7.23. The Hall–Kier alpha value is -0.610. The van der Waals surface area contributed by atoms with Crippen LogP contribution in [-0.2, 0) is 9.53 Å². The van der Waals surface area contributed by atoms with Gasteiger partial charge in [0.2, 0.25) is 5.91 Å². The third-order valence-electron chi connectivity index (χ3n) is 3.94. The second-order valence-electron chi connectivity index (χ2n) is 5.47. The molecule has 4 nitrogen and oxygen atoms in total. The average molecular weight is 256 g/mol. The third-order valence-corrected chi connectivity index (χ3v) is 3.94. The van der Waals surface area contributed by atoms with Crippen molar-refractivity contribution in [2.75, 3.05) is 19.8 Å². The molecule has 1 rings (SSSR count). The molecule has 4 heteroatoms. The van der Waals surface area contributed by atoms with E-state index in [-0.39, 0.29) is 11.9 Å². The number of carbonyl (C=O) groups excluding carboxylic acids is 1. The fraction of sp³-hybridized carbons (Fsp3) is 0.929. The maximum atomic E-state index is 12.3. The van der Waals surface area contributed by atoms with Gasteiger partial charge in [0.1, 0.15) is 0 Å². The van der Waals surface area contributed by atoms with Gasteiger partial charge in [0.25, 0.3) is 0 Å². The maximum Gasteiger partial charge on any atom is 0.227 e. The van der Waals surface area contributed by atoms with Gasteiger partial charge in [0, 0.05) is 25.8 Å². The summed E-state index contributed by atoms with van der Waals surface area (Å²) < 4.78 is 5.33. The molecule has 0 radical (unpaired) electrons. The van der Waals surface area contributed by atoms with Crippen molar-refractivity contribution < 1.29 is 9.53 Å². The molecule has 0 bridgehead atoms. The normalized spacial score (nSPS) is 20.4. The topological polar surface area (TPSA) is 64.4 Å². The minimum absolute atomic E-state index is 0.122. The van der Waals surface area contributed by atoms with Gasteiger partial charge in [-0.3, -0.25) is 4.79 Å². The Bertz CT molecular complexity index is 250. The monoisotopic (exact) mass is 256 g/mol. The minimum atomic E-state index is -0.392. The van der Waals surface area contributed by atoms with E-state index in [4.69, 9.17) is 10.5 Å². The highest BCUT2D eigenvalue weighted by molar-refractivity contribution is 5.83. The van der Waals surface area contributed by atoms with Crippen molar-refractivity contribution in [1.82, 2.24) is 5.32 Å². The van der Waals surface area contributed by atoms with Crippen LogP contribution in [0.25, 0.3) is 0 Å². The van der Waals surface area contributed by atoms with Crippen LogP contribution in [0.5, 0.6) is 0 Å². The molecule has 0 aromatic rings. The molecule has 1 heterocycles. The first kappa shape index (κ1) is 15.4. The van der Waals surface area contributed by atoms with E-state index in [2.05, 4.69) is 19.2 Å². The van der Waals surface area contributed by atoms with Crippen LogP contribution in [0.4, 0.5) is 0 Å². The van der Waals surface area contributed by atoms with E-state index in [9.17, 15) is 4.79 Å². The molecule has 0 spiro atoms. The summed E-state index contributed by atoms with van der Waals surface area (Å²) in [7, 11) is 0. The second kappa shape index (κ2) is 7.74. The van der Waals surface area contributed by atoms with Gasteiger partial charge in [-0.15, -0.1) is 0 Å². The van der Waals surface area contributed by atoms with Crippen LogP contribution in [-0.4, -0.2) is 31.7 Å². The van der Waals surface area contributed by atoms with Crippen LogP contribution in [0.2, 0.25) is 0 Å². The molecule has 3 N–H and O–H groups in total. The smallest absolute Gasteiger partial charge is 0.227 e. The number of unbranched alkanes of at least 4 members (excludes halogenated alkanes) is 2. The van der Waals surface area contributed by atoms with Crippen molar-refractivity contribution in [2.24, 2.45) is 11.1 Å². The van der Waals surface area contributed by atoms with Crippen LogP contribution in [0.3, 0.4) is 0 Å². The molecular formula is C14H28N2O2. The lowest BCUT2D eigenvalue weighted by atomic mass is 9.79. The minimum Gasteiger partial charge on any atom is -0.381 e. The summed E-state index contributed by atoms with van der Waals surface area (Å²) >= 11 is 0. The van der Waals surface area contributed by atoms with E-state index < -0.39 is 5.41 Å². The van der Waals surface area contributed by atoms with Crippen LogP contribution in [0.15, 0.2) is 0 Å². The van der Waals surface area contributed by atoms with Crippen LogP contribution < -0.4 is 11.1 Å². The molecular weight excluding hydrogens is 228 g/mol. The molecule has 1 aliphatic rings. The van der Waals surface area contributed by atoms with Gasteiger partial charge < -0.3 is 15.8 Å². The first-order chi connectivity index (χ1) is 8.64. The van der Waals surface area contributed by atoms with E-state index in [0.717, 1.165) is 19.3 Å². The van der Waals surface area contributed by atoms with Gasteiger partial charge >= 0.3 is 0 Å². The fourth-order valence-corrected chi connectivity index (χ4v) is 2.44. The van der Waals surface area contributed by atoms with Gasteiger partial charge in [-0.25, -0.2) is 0 Å². The molecule has 1 aliphatic heterocycles. The largest absolute Gasteiger partial charge is 0.381 e. The molecule has 1 amide bonds. The summed E-state index contributed by atoms with van der Waals surface area (Å²) in [6.07, 6.45) is 6.17. The van der Waals surface area contributed by atoms with Gasteiger partial charge in [-0.2, -0.15) is 0 Å². The third kappa shape index (κ3) is 4.25. The standard InChI is InChI=1S/C14H28N2O2/c1-3-4-5-6-12(2)16-13(17)14(11-15)7-9-18-10-8-14/h12H,3-11,15H2,1-2H3,(H,16,17). The van der Waals surface area contributed by atoms with Crippen LogP contribution >= 0.6 is 0 Å². The zero-order valence-corrected chi connectivity index (χ0v) is 11.8. The number of ether oxygens (including phenoxy) is 1. The Morgan fingerprint density at radius 2 is 2.06 bits per heavy atom. The molecule has 0 saturated carbocycles. The van der Waals surface area contributed by atoms with E-state index >= 15 is 0 Å². The highest BCUT2D eigenvalue weighted by Crippen LogP contribution is 2.29. The maximum absolute atomic E-state index is 12.3. The highest BCUT2D eigenvalue weighted by atomic mass is 16.5. The Morgan fingerprint density at radius 1 is 1.39 bits per heavy atom. The van der Waals surface area contributed by atoms with Crippen LogP contribution in [0, 0.1) is 5.41 Å². The number of rotatable bonds is 7. The quantitative estimate of drug-likeness (QED) is 0.683. The van der Waals surface area contributed by atoms with Crippen molar-refractivity contribution in [3.05, 3.63) is 0 Å². The van der Waals surface area contributed by atoms with Gasteiger partial charge in [-0.05, 0) is 26.2 Å². The SMILES string of the molecule is CCCCCC(C)NC(=O)C1(CN)CCOCC1. The lowest BCUT2D eigenvalue weighted by Crippen LogP contribution is -2.51. The summed E-state index contributed by atoms with van der Waals surface area (Å²) in [5, 5.41) is 3.13. The molecule has 1 unspecified atom stereocenters. The molecule has 0 aromatic heterocycles. The van der Waals surface area contributed by atoms with Crippen molar-refractivity contribution in [2.45, 2.75) is 58.4 Å². The first-order valence-corrected chi connectivity index (χ1v) is 7.23. The molecule has 0 aliphatic carbocycles. The Kier molecular flexibility index (Phi) is 6.65. The number of carbonyl (C=O) groups is 1. The zero-order valence-electron chi connectivity index (χ0n) is 11.8. The average Bonchev–Trinajstić information content (AvgIpc) is 2.39. The van der Waals surface area contributed by atoms with E-state index in [0.29, 0.717) is 19.8 Å². The zero-order chi connectivity index (χ0) is 13.4. The van der Waals surface area contributed by atoms with Crippen molar-refractivity contribution in [3.8, 4) is 0 Å². The summed E-state index contributed by atoms with van der Waals surface area (Å²) in [5.41, 5.74) is 5.43. The molecule has 1 atom stereocenters. The van der Waals surface area contributed by atoms with Gasteiger partial charge in [0.05, 0.1) is 5.41 Å². The fourth-order valence-electron chi connectivity index (χ4n) is 2.44. The Balaban J connectivity index is 2.41. The number of nitrogens with two attached hydrogens (primary N) is 1. The van der Waals surface area contributed by atoms with E-state index in [1.54, 1.807) is 0 Å². The molecule has 1 saturated heterocycles. The summed E-state index contributed by atoms with van der Waals surface area (Å²) in [6.45, 7) is 5.99. The van der Waals surface area contributed by atoms with Crippen molar-refractivity contribution >= 4 is 5.91 Å². The summed E-state index contributed by atoms with van der Waals surface area (Å²) in [4.78, 5) is 12.3. The van der Waals surface area contributed by atoms with Crippen molar-refractivity contribution in [3.63, 3.8) is 0 Å². The molecule has 0 aromatic carbocycles. The van der Waals surface area contributed by atoms with E-state index in [1.165, 1.54) is 19.3 Å². The van der Waals surface area contributed by atoms with E-state index in [1.807, 2.05) is 0 Å². The summed E-state index contributed by atoms with van der Waals surface area (Å²) in [5.74, 6) is 0.122. The lowest BCUT2D eigenvalue weighted by Gasteiger charge is -2.35. The van der Waals surface area contributed by atoms with Crippen LogP contribution in [0.1, 0.15) is 52.4 Å². The number of amides is 1. The van der Waals surface area contributed by atoms with Gasteiger partial charge in [0.15, 0.2) is 0 Å². The lowest BCUT2D eigenvalue weighted by molar-refractivity contribution is -0.136. The molecule has 106 valence electrons. The Labute approximate surface area is 111 Å².